The second-order valence-corrected chi connectivity index (χ2v) is 3.11. The van der Waals surface area contributed by atoms with Crippen LogP contribution >= 0.6 is 0 Å². The summed E-state index contributed by atoms with van der Waals surface area (Å²) in [7, 11) is 3.60. The number of anilines is 1. The van der Waals surface area contributed by atoms with Crippen molar-refractivity contribution in [1.29, 1.82) is 0 Å². The maximum absolute atomic E-state index is 11.7. The molecule has 0 radical (unpaired) electrons. The van der Waals surface area contributed by atoms with Crippen molar-refractivity contribution < 1.29 is 4.79 Å². The van der Waals surface area contributed by atoms with E-state index >= 15 is 0 Å². The summed E-state index contributed by atoms with van der Waals surface area (Å²) >= 11 is 0. The molecule has 0 spiro atoms. The van der Waals surface area contributed by atoms with Gasteiger partial charge in [0.25, 0.3) is 5.91 Å². The molecule has 2 rings (SSSR count). The van der Waals surface area contributed by atoms with E-state index in [0.29, 0.717) is 5.69 Å². The van der Waals surface area contributed by atoms with Gasteiger partial charge in [0, 0.05) is 20.6 Å². The fourth-order valence-corrected chi connectivity index (χ4v) is 1.49. The topological polar surface area (TPSA) is 50.2 Å². The Morgan fingerprint density at radius 2 is 2.31 bits per heavy atom. The smallest absolute Gasteiger partial charge is 0.274 e. The highest BCUT2D eigenvalue weighted by Gasteiger charge is 2.25. The lowest BCUT2D eigenvalue weighted by atomic mass is 10.2. The van der Waals surface area contributed by atoms with E-state index < -0.39 is 0 Å². The summed E-state index contributed by atoms with van der Waals surface area (Å²) in [6.07, 6.45) is 1.69. The second-order valence-electron chi connectivity index (χ2n) is 3.11. The Labute approximate surface area is 76.3 Å². The van der Waals surface area contributed by atoms with Gasteiger partial charge in [-0.05, 0) is 0 Å². The first kappa shape index (κ1) is 8.10. The van der Waals surface area contributed by atoms with Gasteiger partial charge < -0.3 is 10.2 Å². The number of nitrogens with zero attached hydrogens (tertiary/aromatic N) is 3. The van der Waals surface area contributed by atoms with E-state index in [1.165, 1.54) is 0 Å². The molecular weight excluding hydrogens is 168 g/mol. The van der Waals surface area contributed by atoms with Crippen molar-refractivity contribution in [3.8, 4) is 0 Å². The standard InChI is InChI=1S/C8H12N4O/c1-9-6-5-10-12-4-3-11(2)8(13)7(6)12/h5,9H,3-4H2,1-2H3. The fourth-order valence-electron chi connectivity index (χ4n) is 1.49. The van der Waals surface area contributed by atoms with E-state index in [1.807, 2.05) is 0 Å². The molecule has 0 atom stereocenters. The maximum Gasteiger partial charge on any atom is 0.274 e. The molecule has 0 aliphatic carbocycles. The van der Waals surface area contributed by atoms with E-state index in [-0.39, 0.29) is 5.91 Å². The first-order valence-corrected chi connectivity index (χ1v) is 4.23. The molecule has 1 aliphatic heterocycles. The number of likely N-dealkylation sites (N-methyl/N-ethyl adjacent to an activating group) is 1. The van der Waals surface area contributed by atoms with Crippen molar-refractivity contribution in [2.75, 3.05) is 26.0 Å². The Kier molecular flexibility index (Phi) is 1.72. The van der Waals surface area contributed by atoms with Crippen molar-refractivity contribution in [2.45, 2.75) is 6.54 Å². The van der Waals surface area contributed by atoms with Gasteiger partial charge in [0.1, 0.15) is 5.69 Å². The van der Waals surface area contributed by atoms with Gasteiger partial charge in [0.2, 0.25) is 0 Å². The summed E-state index contributed by atoms with van der Waals surface area (Å²) in [6.45, 7) is 1.51. The molecule has 0 saturated heterocycles. The quantitative estimate of drug-likeness (QED) is 0.662. The lowest BCUT2D eigenvalue weighted by Crippen LogP contribution is -2.37. The highest BCUT2D eigenvalue weighted by Crippen LogP contribution is 2.19. The van der Waals surface area contributed by atoms with Gasteiger partial charge in [-0.3, -0.25) is 9.48 Å². The van der Waals surface area contributed by atoms with Crippen LogP contribution in [0.25, 0.3) is 0 Å². The number of fused-ring (bicyclic) bond motifs is 1. The van der Waals surface area contributed by atoms with Gasteiger partial charge in [-0.25, -0.2) is 0 Å². The zero-order chi connectivity index (χ0) is 9.42. The molecule has 1 amide bonds. The van der Waals surface area contributed by atoms with Gasteiger partial charge in [0.15, 0.2) is 0 Å². The minimum Gasteiger partial charge on any atom is -0.385 e. The molecule has 13 heavy (non-hydrogen) atoms. The van der Waals surface area contributed by atoms with E-state index in [4.69, 9.17) is 0 Å². The van der Waals surface area contributed by atoms with Gasteiger partial charge in [-0.15, -0.1) is 0 Å². The van der Waals surface area contributed by atoms with Gasteiger partial charge in [0.05, 0.1) is 18.4 Å². The summed E-state index contributed by atoms with van der Waals surface area (Å²) in [6, 6.07) is 0. The molecule has 1 N–H and O–H groups in total. The minimum atomic E-state index is 0.0353. The minimum absolute atomic E-state index is 0.0353. The number of carbonyl (C=O) groups is 1. The van der Waals surface area contributed by atoms with Crippen LogP contribution in [-0.2, 0) is 6.54 Å². The molecule has 1 aromatic rings. The van der Waals surface area contributed by atoms with Crippen LogP contribution in [0.4, 0.5) is 5.69 Å². The molecule has 5 heteroatoms. The van der Waals surface area contributed by atoms with Crippen LogP contribution < -0.4 is 5.32 Å². The van der Waals surface area contributed by atoms with Gasteiger partial charge in [-0.1, -0.05) is 0 Å². The van der Waals surface area contributed by atoms with Crippen molar-refractivity contribution in [2.24, 2.45) is 0 Å². The van der Waals surface area contributed by atoms with Crippen LogP contribution in [0.2, 0.25) is 0 Å². The van der Waals surface area contributed by atoms with Crippen LogP contribution in [0.1, 0.15) is 10.5 Å². The Bertz CT molecular complexity index is 330. The molecule has 0 fully saturated rings. The van der Waals surface area contributed by atoms with Crippen molar-refractivity contribution >= 4 is 11.6 Å². The Hall–Kier alpha value is -1.52. The second kappa shape index (κ2) is 2.76. The fraction of sp³-hybridized carbons (Fsp3) is 0.500. The maximum atomic E-state index is 11.7. The number of hydrogen-bond donors (Lipinski definition) is 1. The normalized spacial score (nSPS) is 15.8. The summed E-state index contributed by atoms with van der Waals surface area (Å²) in [5.41, 5.74) is 1.47. The number of nitrogens with one attached hydrogen (secondary N) is 1. The summed E-state index contributed by atoms with van der Waals surface area (Å²) in [5, 5.41) is 7.07. The van der Waals surface area contributed by atoms with Gasteiger partial charge in [-0.2, -0.15) is 5.10 Å². The van der Waals surface area contributed by atoms with Crippen LogP contribution in [-0.4, -0.2) is 41.2 Å². The zero-order valence-corrected chi connectivity index (χ0v) is 7.74. The highest BCUT2D eigenvalue weighted by atomic mass is 16.2. The number of amides is 1. The molecule has 0 saturated carbocycles. The third kappa shape index (κ3) is 1.07. The Morgan fingerprint density at radius 1 is 1.54 bits per heavy atom. The number of carbonyl (C=O) groups excluding carboxylic acids is 1. The lowest BCUT2D eigenvalue weighted by Gasteiger charge is -2.23. The Balaban J connectivity index is 2.49. The average molecular weight is 180 g/mol. The van der Waals surface area contributed by atoms with Crippen LogP contribution in [0, 0.1) is 0 Å². The summed E-state index contributed by atoms with van der Waals surface area (Å²) in [5.74, 6) is 0.0353. The molecular formula is C8H12N4O. The highest BCUT2D eigenvalue weighted by molar-refractivity contribution is 5.98. The molecule has 2 heterocycles. The summed E-state index contributed by atoms with van der Waals surface area (Å²) in [4.78, 5) is 13.4. The lowest BCUT2D eigenvalue weighted by molar-refractivity contribution is 0.0744. The zero-order valence-electron chi connectivity index (χ0n) is 7.74. The first-order valence-electron chi connectivity index (χ1n) is 4.23. The monoisotopic (exact) mass is 180 g/mol. The van der Waals surface area contributed by atoms with Crippen molar-refractivity contribution in [3.05, 3.63) is 11.9 Å². The molecule has 0 unspecified atom stereocenters. The van der Waals surface area contributed by atoms with Crippen LogP contribution in [0.5, 0.6) is 0 Å². The molecule has 0 bridgehead atoms. The van der Waals surface area contributed by atoms with Crippen molar-refractivity contribution in [1.82, 2.24) is 14.7 Å². The number of rotatable bonds is 1. The van der Waals surface area contributed by atoms with Crippen LogP contribution in [0.3, 0.4) is 0 Å². The first-order chi connectivity index (χ1) is 6.24. The predicted octanol–water partition coefficient (Wildman–Crippen LogP) is 0.0104. The number of hydrogen-bond acceptors (Lipinski definition) is 3. The molecule has 1 aliphatic rings. The molecule has 70 valence electrons. The van der Waals surface area contributed by atoms with Gasteiger partial charge >= 0.3 is 0 Å². The van der Waals surface area contributed by atoms with Crippen LogP contribution in [0.15, 0.2) is 6.20 Å². The Morgan fingerprint density at radius 3 is 3.00 bits per heavy atom. The third-order valence-electron chi connectivity index (χ3n) is 2.31. The summed E-state index contributed by atoms with van der Waals surface area (Å²) < 4.78 is 1.74. The van der Waals surface area contributed by atoms with E-state index in [2.05, 4.69) is 10.4 Å². The van der Waals surface area contributed by atoms with E-state index in [1.54, 1.807) is 29.9 Å². The molecule has 1 aromatic heterocycles. The SMILES string of the molecule is CNc1cnn2c1C(=O)N(C)CC2. The number of aromatic nitrogens is 2. The molecule has 0 aromatic carbocycles. The predicted molar refractivity (Wildman–Crippen MR) is 48.7 cm³/mol. The third-order valence-corrected chi connectivity index (χ3v) is 2.31. The van der Waals surface area contributed by atoms with E-state index in [0.717, 1.165) is 18.8 Å². The van der Waals surface area contributed by atoms with E-state index in [9.17, 15) is 4.79 Å². The molecule has 5 nitrogen and oxygen atoms in total. The van der Waals surface area contributed by atoms with Crippen molar-refractivity contribution in [3.63, 3.8) is 0 Å². The largest absolute Gasteiger partial charge is 0.385 e. The average Bonchev–Trinajstić information content (AvgIpc) is 2.55.